The number of hydrogen-bond acceptors (Lipinski definition) is 2. The first kappa shape index (κ1) is 11.5. The molecule has 0 radical (unpaired) electrons. The van der Waals surface area contributed by atoms with Crippen molar-refractivity contribution in [2.45, 2.75) is 6.92 Å². The van der Waals surface area contributed by atoms with Crippen molar-refractivity contribution in [3.63, 3.8) is 0 Å². The Hall–Kier alpha value is -2.62. The van der Waals surface area contributed by atoms with Crippen molar-refractivity contribution in [1.29, 1.82) is 0 Å². The molecule has 2 aromatic carbocycles. The van der Waals surface area contributed by atoms with Crippen molar-refractivity contribution in [2.75, 3.05) is 5.32 Å². The van der Waals surface area contributed by atoms with Crippen LogP contribution in [0.2, 0.25) is 0 Å². The largest absolute Gasteiger partial charge is 0.321 e. The number of aryl methyl sites for hydroxylation is 1. The Morgan fingerprint density at radius 2 is 2.05 bits per heavy atom. The number of rotatable bonds is 2. The monoisotopic (exact) mass is 251 g/mol. The summed E-state index contributed by atoms with van der Waals surface area (Å²) in [6.45, 7) is 1.97. The van der Waals surface area contributed by atoms with Gasteiger partial charge < -0.3 is 5.32 Å². The number of carbonyl (C=O) groups is 1. The molecule has 2 N–H and O–H groups in total. The van der Waals surface area contributed by atoms with Crippen LogP contribution < -0.4 is 5.32 Å². The maximum atomic E-state index is 12.2. The zero-order valence-corrected chi connectivity index (χ0v) is 10.5. The number of amides is 1. The highest BCUT2D eigenvalue weighted by atomic mass is 16.1. The molecule has 94 valence electrons. The molecule has 0 spiro atoms. The predicted octanol–water partition coefficient (Wildman–Crippen LogP) is 3.12. The van der Waals surface area contributed by atoms with Crippen LogP contribution in [-0.2, 0) is 0 Å². The highest BCUT2D eigenvalue weighted by molar-refractivity contribution is 6.08. The van der Waals surface area contributed by atoms with Gasteiger partial charge in [0, 0.05) is 10.9 Å². The molecule has 4 nitrogen and oxygen atoms in total. The van der Waals surface area contributed by atoms with Crippen molar-refractivity contribution in [3.05, 3.63) is 59.8 Å². The maximum absolute atomic E-state index is 12.2. The third-order valence-electron chi connectivity index (χ3n) is 3.01. The first-order chi connectivity index (χ1) is 9.24. The topological polar surface area (TPSA) is 57.8 Å². The number of carbonyl (C=O) groups excluding carboxylic acids is 1. The summed E-state index contributed by atoms with van der Waals surface area (Å²) in [5, 5.41) is 10.7. The van der Waals surface area contributed by atoms with Gasteiger partial charge in [0.15, 0.2) is 0 Å². The number of benzene rings is 2. The average Bonchev–Trinajstić information content (AvgIpc) is 2.88. The standard InChI is InChI=1S/C15H13N3O/c1-10-4-2-5-11(8-10)15(19)17-13-6-3-7-14-12(13)9-16-18-14/h2-9H,1H3,(H,16,18)(H,17,19). The minimum absolute atomic E-state index is 0.114. The molecule has 0 aliphatic carbocycles. The van der Waals surface area contributed by atoms with Gasteiger partial charge in [0.2, 0.25) is 0 Å². The lowest BCUT2D eigenvalue weighted by Crippen LogP contribution is -2.12. The molecule has 4 heteroatoms. The van der Waals surface area contributed by atoms with Gasteiger partial charge in [-0.15, -0.1) is 0 Å². The molecule has 0 aliphatic rings. The Morgan fingerprint density at radius 1 is 1.21 bits per heavy atom. The van der Waals surface area contributed by atoms with Gasteiger partial charge in [0.25, 0.3) is 5.91 Å². The van der Waals surface area contributed by atoms with Crippen LogP contribution in [0.15, 0.2) is 48.7 Å². The second kappa shape index (κ2) is 4.57. The molecular weight excluding hydrogens is 238 g/mol. The molecule has 0 aliphatic heterocycles. The summed E-state index contributed by atoms with van der Waals surface area (Å²) in [7, 11) is 0. The Balaban J connectivity index is 1.93. The molecule has 3 rings (SSSR count). The fourth-order valence-electron chi connectivity index (χ4n) is 2.06. The second-order valence-corrected chi connectivity index (χ2v) is 4.46. The molecule has 1 aromatic heterocycles. The summed E-state index contributed by atoms with van der Waals surface area (Å²) in [4.78, 5) is 12.2. The summed E-state index contributed by atoms with van der Waals surface area (Å²) in [5.74, 6) is -0.114. The van der Waals surface area contributed by atoms with Crippen molar-refractivity contribution in [3.8, 4) is 0 Å². The molecular formula is C15H13N3O. The molecule has 3 aromatic rings. The normalized spacial score (nSPS) is 10.6. The molecule has 0 bridgehead atoms. The number of anilines is 1. The number of aromatic amines is 1. The molecule has 0 saturated carbocycles. The third kappa shape index (κ3) is 2.20. The number of nitrogens with one attached hydrogen (secondary N) is 2. The average molecular weight is 251 g/mol. The van der Waals surface area contributed by atoms with Gasteiger partial charge in [-0.1, -0.05) is 23.8 Å². The van der Waals surface area contributed by atoms with Crippen LogP contribution in [0.3, 0.4) is 0 Å². The van der Waals surface area contributed by atoms with Gasteiger partial charge in [-0.2, -0.15) is 5.10 Å². The Kier molecular flexibility index (Phi) is 2.76. The molecule has 0 saturated heterocycles. The highest BCUT2D eigenvalue weighted by Gasteiger charge is 2.08. The van der Waals surface area contributed by atoms with Crippen LogP contribution in [0, 0.1) is 6.92 Å². The minimum Gasteiger partial charge on any atom is -0.321 e. The first-order valence-electron chi connectivity index (χ1n) is 6.04. The van der Waals surface area contributed by atoms with E-state index in [4.69, 9.17) is 0 Å². The molecule has 0 atom stereocenters. The van der Waals surface area contributed by atoms with Crippen molar-refractivity contribution >= 4 is 22.5 Å². The van der Waals surface area contributed by atoms with Crippen LogP contribution in [0.25, 0.3) is 10.9 Å². The highest BCUT2D eigenvalue weighted by Crippen LogP contribution is 2.21. The van der Waals surface area contributed by atoms with E-state index in [-0.39, 0.29) is 5.91 Å². The number of aromatic nitrogens is 2. The van der Waals surface area contributed by atoms with E-state index in [9.17, 15) is 4.79 Å². The summed E-state index contributed by atoms with van der Waals surface area (Å²) in [6, 6.07) is 13.2. The third-order valence-corrected chi connectivity index (χ3v) is 3.01. The van der Waals surface area contributed by atoms with Gasteiger partial charge >= 0.3 is 0 Å². The minimum atomic E-state index is -0.114. The van der Waals surface area contributed by atoms with Crippen LogP contribution in [0.4, 0.5) is 5.69 Å². The van der Waals surface area contributed by atoms with Crippen LogP contribution in [0.5, 0.6) is 0 Å². The van der Waals surface area contributed by atoms with E-state index >= 15 is 0 Å². The molecule has 19 heavy (non-hydrogen) atoms. The fraction of sp³-hybridized carbons (Fsp3) is 0.0667. The lowest BCUT2D eigenvalue weighted by atomic mass is 10.1. The molecule has 1 amide bonds. The first-order valence-corrected chi connectivity index (χ1v) is 6.04. The van der Waals surface area contributed by atoms with Crippen LogP contribution in [-0.4, -0.2) is 16.1 Å². The van der Waals surface area contributed by atoms with E-state index in [0.29, 0.717) is 5.56 Å². The van der Waals surface area contributed by atoms with Crippen LogP contribution >= 0.6 is 0 Å². The van der Waals surface area contributed by atoms with Crippen molar-refractivity contribution in [2.24, 2.45) is 0 Å². The zero-order chi connectivity index (χ0) is 13.2. The zero-order valence-electron chi connectivity index (χ0n) is 10.5. The summed E-state index contributed by atoms with van der Waals surface area (Å²) >= 11 is 0. The van der Waals surface area contributed by atoms with Gasteiger partial charge in [0.1, 0.15) is 0 Å². The number of hydrogen-bond donors (Lipinski definition) is 2. The van der Waals surface area contributed by atoms with E-state index in [1.54, 1.807) is 12.3 Å². The molecule has 1 heterocycles. The fourth-order valence-corrected chi connectivity index (χ4v) is 2.06. The van der Waals surface area contributed by atoms with E-state index in [2.05, 4.69) is 15.5 Å². The smallest absolute Gasteiger partial charge is 0.255 e. The number of fused-ring (bicyclic) bond motifs is 1. The maximum Gasteiger partial charge on any atom is 0.255 e. The van der Waals surface area contributed by atoms with Gasteiger partial charge in [-0.3, -0.25) is 9.89 Å². The van der Waals surface area contributed by atoms with Crippen molar-refractivity contribution in [1.82, 2.24) is 10.2 Å². The van der Waals surface area contributed by atoms with Gasteiger partial charge in [-0.05, 0) is 31.2 Å². The Labute approximate surface area is 110 Å². The van der Waals surface area contributed by atoms with E-state index in [1.165, 1.54) is 0 Å². The van der Waals surface area contributed by atoms with Crippen molar-refractivity contribution < 1.29 is 4.79 Å². The summed E-state index contributed by atoms with van der Waals surface area (Å²) in [6.07, 6.45) is 1.71. The second-order valence-electron chi connectivity index (χ2n) is 4.46. The number of nitrogens with zero attached hydrogens (tertiary/aromatic N) is 1. The number of H-pyrrole nitrogens is 1. The van der Waals surface area contributed by atoms with E-state index < -0.39 is 0 Å². The predicted molar refractivity (Wildman–Crippen MR) is 75.2 cm³/mol. The van der Waals surface area contributed by atoms with E-state index in [0.717, 1.165) is 22.2 Å². The van der Waals surface area contributed by atoms with Gasteiger partial charge in [-0.25, -0.2) is 0 Å². The quantitative estimate of drug-likeness (QED) is 0.735. The van der Waals surface area contributed by atoms with Gasteiger partial charge in [0.05, 0.1) is 17.4 Å². The summed E-state index contributed by atoms with van der Waals surface area (Å²) in [5.41, 5.74) is 3.38. The lowest BCUT2D eigenvalue weighted by Gasteiger charge is -2.06. The van der Waals surface area contributed by atoms with E-state index in [1.807, 2.05) is 43.3 Å². The molecule has 0 unspecified atom stereocenters. The molecule has 0 fully saturated rings. The Morgan fingerprint density at radius 3 is 2.89 bits per heavy atom. The summed E-state index contributed by atoms with van der Waals surface area (Å²) < 4.78 is 0. The lowest BCUT2D eigenvalue weighted by molar-refractivity contribution is 0.102. The Bertz CT molecular complexity index is 746. The van der Waals surface area contributed by atoms with Crippen LogP contribution in [0.1, 0.15) is 15.9 Å². The SMILES string of the molecule is Cc1cccc(C(=O)Nc2cccc3[nH]ncc23)c1.